The van der Waals surface area contributed by atoms with Crippen LogP contribution in [0.4, 0.5) is 0 Å². The molecule has 0 saturated carbocycles. The molecule has 0 aromatic heterocycles. The maximum atomic E-state index is 12.9. The van der Waals surface area contributed by atoms with Gasteiger partial charge in [0.15, 0.2) is 5.78 Å². The van der Waals surface area contributed by atoms with Crippen molar-refractivity contribution in [2.45, 2.75) is 398 Å². The van der Waals surface area contributed by atoms with Crippen molar-refractivity contribution >= 4 is 23.5 Å². The van der Waals surface area contributed by atoms with E-state index in [2.05, 4.69) is 93.6 Å². The van der Waals surface area contributed by atoms with Crippen LogP contribution in [0.2, 0.25) is 0 Å². The van der Waals surface area contributed by atoms with Crippen molar-refractivity contribution in [3.8, 4) is 0 Å². The van der Waals surface area contributed by atoms with Crippen molar-refractivity contribution in [2.24, 2.45) is 22.2 Å². The highest BCUT2D eigenvalue weighted by Crippen LogP contribution is 2.52. The highest BCUT2D eigenvalue weighted by molar-refractivity contribution is 6.04. The minimum Gasteiger partial charge on any atom is -0.371 e. The van der Waals surface area contributed by atoms with Gasteiger partial charge in [0.1, 0.15) is 6.61 Å². The van der Waals surface area contributed by atoms with Crippen LogP contribution in [-0.4, -0.2) is 172 Å². The molecule has 0 aliphatic carbocycles. The van der Waals surface area contributed by atoms with E-state index in [1.807, 2.05) is 172 Å². The zero-order chi connectivity index (χ0) is 74.9. The predicted octanol–water partition coefficient (Wildman–Crippen LogP) is 16.9. The summed E-state index contributed by atoms with van der Waals surface area (Å²) in [6.07, 6.45) is 16.2. The lowest BCUT2D eigenvalue weighted by molar-refractivity contribution is -0.209. The maximum Gasteiger partial charge on any atom is 0.246 e. The van der Waals surface area contributed by atoms with E-state index >= 15 is 0 Å². The van der Waals surface area contributed by atoms with E-state index in [4.69, 9.17) is 9.47 Å². The van der Waals surface area contributed by atoms with Gasteiger partial charge in [-0.3, -0.25) is 24.1 Å². The average Bonchev–Trinajstić information content (AvgIpc) is 1.60. The van der Waals surface area contributed by atoms with Crippen LogP contribution >= 0.6 is 0 Å². The number of carbonyl (C=O) groups is 4. The Hall–Kier alpha value is -2.98. The Bertz CT molecular complexity index is 2690. The van der Waals surface area contributed by atoms with E-state index in [0.29, 0.717) is 19.4 Å². The predicted molar refractivity (Wildman–Crippen MR) is 384 cm³/mol. The Morgan fingerprint density at radius 2 is 0.947 bits per heavy atom. The summed E-state index contributed by atoms with van der Waals surface area (Å²) < 4.78 is 11.2. The van der Waals surface area contributed by atoms with E-state index in [1.54, 1.807) is 5.06 Å². The molecule has 6 N–H and O–H groups in total. The molecule has 3 atom stereocenters. The Labute approximate surface area is 579 Å². The summed E-state index contributed by atoms with van der Waals surface area (Å²) in [4.78, 5) is 51.4. The molecule has 0 bridgehead atoms. The standard InChI is InChI=1S/C17H31NO2.C17H33NO.C16H28N2O3.C14H28N2O3.C13H25NO2/c1-8-16(9-2)12-13(14(19)15(5,6)7)17(10-3,11-4)18(16)20;1-8-16(9-2)13-14(12-15(5,6)7)17(10-3,11-4)18(16)19;1-14(2,3)10-8-12(19)17(13(10)20)11-9-15(4,5)18(21)16(11,6)7;1-12(2,3)19-9-11(17)15-10-8-13(4,5)16(18)14(10,6)7;1-11(2,3)16-9-10-8-12(4,5)14(15)13(10,6)7/h12,20H,8-11H2,1-7H3;13,19H,8-12H2,1-7H3;10-11,21H,8-9H2,1-7H3;10,18H,8-9H2,1-7H3,(H,15,17);8,15H,9H2,1-7H3. The highest BCUT2D eigenvalue weighted by atomic mass is 16.5. The fraction of sp³-hybridized carbons (Fsp3) is 0.870. The summed E-state index contributed by atoms with van der Waals surface area (Å²) in [5.41, 5.74) is -1.30. The number of hydroxylamine groups is 10. The summed E-state index contributed by atoms with van der Waals surface area (Å²) in [7, 11) is 0. The van der Waals surface area contributed by atoms with Crippen LogP contribution in [0.15, 0.2) is 34.9 Å². The van der Waals surface area contributed by atoms with Crippen LogP contribution in [0.5, 0.6) is 0 Å². The van der Waals surface area contributed by atoms with Gasteiger partial charge in [-0.2, -0.15) is 25.3 Å². The molecule has 0 radical (unpaired) electrons. The van der Waals surface area contributed by atoms with Gasteiger partial charge in [0.2, 0.25) is 17.7 Å². The zero-order valence-corrected chi connectivity index (χ0v) is 67.2. The summed E-state index contributed by atoms with van der Waals surface area (Å²) >= 11 is 0. The van der Waals surface area contributed by atoms with Crippen LogP contribution in [0.1, 0.15) is 319 Å². The van der Waals surface area contributed by atoms with E-state index in [1.165, 1.54) is 30.7 Å². The van der Waals surface area contributed by atoms with E-state index in [9.17, 15) is 45.2 Å². The quantitative estimate of drug-likeness (QED) is 0.0625. The van der Waals surface area contributed by atoms with Crippen LogP contribution < -0.4 is 5.32 Å². The topological polar surface area (TPSA) is 219 Å². The van der Waals surface area contributed by atoms with Crippen molar-refractivity contribution in [3.05, 3.63) is 34.9 Å². The summed E-state index contributed by atoms with van der Waals surface area (Å²) in [6.45, 7) is 71.6. The summed E-state index contributed by atoms with van der Waals surface area (Å²) in [5, 5.41) is 62.6. The molecule has 0 aromatic carbocycles. The van der Waals surface area contributed by atoms with Crippen molar-refractivity contribution in [2.75, 3.05) is 13.2 Å². The number of likely N-dealkylation sites (tertiary alicyclic amines) is 1. The highest BCUT2D eigenvalue weighted by Gasteiger charge is 2.60. The molecule has 6 aliphatic heterocycles. The summed E-state index contributed by atoms with van der Waals surface area (Å²) in [6, 6.07) is -0.381. The Morgan fingerprint density at radius 3 is 1.27 bits per heavy atom. The third-order valence-electron chi connectivity index (χ3n) is 21.9. The van der Waals surface area contributed by atoms with Gasteiger partial charge in [0.25, 0.3) is 0 Å². The molecule has 18 heteroatoms. The Balaban J connectivity index is 0.000000405. The number of hydrogen-bond acceptors (Lipinski definition) is 16. The number of amides is 3. The first-order chi connectivity index (χ1) is 42.5. The van der Waals surface area contributed by atoms with E-state index in [0.717, 1.165) is 68.9 Å². The molecular weight excluding hydrogens is 1200 g/mol. The second-order valence-electron chi connectivity index (χ2n) is 37.1. The van der Waals surface area contributed by atoms with Crippen molar-refractivity contribution in [3.63, 3.8) is 0 Å². The molecule has 6 aliphatic rings. The molecule has 3 unspecified atom stereocenters. The van der Waals surface area contributed by atoms with Gasteiger partial charge in [-0.15, -0.1) is 0 Å². The number of nitrogens with zero attached hydrogens (tertiary/aromatic N) is 6. The molecule has 95 heavy (non-hydrogen) atoms. The average molecular weight is 1350 g/mol. The fourth-order valence-electron chi connectivity index (χ4n) is 15.3. The van der Waals surface area contributed by atoms with Gasteiger partial charge in [-0.1, -0.05) is 136 Å². The van der Waals surface area contributed by atoms with Gasteiger partial charge in [0, 0.05) is 28.5 Å². The van der Waals surface area contributed by atoms with Gasteiger partial charge >= 0.3 is 0 Å². The molecule has 554 valence electrons. The van der Waals surface area contributed by atoms with Crippen LogP contribution in [-0.2, 0) is 28.7 Å². The van der Waals surface area contributed by atoms with Crippen molar-refractivity contribution < 1.29 is 54.7 Å². The Kier molecular flexibility index (Phi) is 28.5. The van der Waals surface area contributed by atoms with Gasteiger partial charge in [-0.05, 0) is 217 Å². The number of ketones is 1. The van der Waals surface area contributed by atoms with Gasteiger partial charge in [-0.25, -0.2) is 0 Å². The molecule has 0 aromatic rings. The SMILES string of the molecule is CC(C)(C)C1CC(=O)N(C2CC(C)(C)N(O)C2(C)C)C1=O.CC(C)(C)OCC(=O)NC1CC(C)(C)N(O)C1(C)C.CC(C)(C)OCC1=CC(C)(C)N(O)C1(C)C.CCC1(CC)C=C(C(=O)C(C)(C)C)C(CC)(CC)N1O.CCC1(CC)C=C(CC(C)(C)C)C(CC)(CC)N1O. The lowest BCUT2D eigenvalue weighted by atomic mass is 9.76. The molecule has 18 nitrogen and oxygen atoms in total. The Morgan fingerprint density at radius 1 is 0.526 bits per heavy atom. The lowest BCUT2D eigenvalue weighted by Gasteiger charge is -2.44. The van der Waals surface area contributed by atoms with Crippen molar-refractivity contribution in [1.82, 2.24) is 35.5 Å². The van der Waals surface area contributed by atoms with Crippen LogP contribution in [0, 0.1) is 22.2 Å². The van der Waals surface area contributed by atoms with Gasteiger partial charge < -0.3 is 40.8 Å². The van der Waals surface area contributed by atoms with E-state index < -0.39 is 33.1 Å². The number of carbonyl (C=O) groups excluding carboxylic acids is 4. The van der Waals surface area contributed by atoms with E-state index in [-0.39, 0.29) is 104 Å². The van der Waals surface area contributed by atoms with Gasteiger partial charge in [0.05, 0.1) is 80.1 Å². The first-order valence-electron chi connectivity index (χ1n) is 36.1. The van der Waals surface area contributed by atoms with Crippen molar-refractivity contribution in [1.29, 1.82) is 0 Å². The number of Topliss-reactive ketones (excluding diaryl/α,β-unsaturated/α-hetero) is 1. The first-order valence-corrected chi connectivity index (χ1v) is 36.1. The second-order valence-corrected chi connectivity index (χ2v) is 37.1. The normalized spacial score (nSPS) is 25.9. The molecule has 6 heterocycles. The maximum absolute atomic E-state index is 12.9. The molecule has 3 saturated heterocycles. The monoisotopic (exact) mass is 1340 g/mol. The number of hydrogen-bond donors (Lipinski definition) is 6. The lowest BCUT2D eigenvalue weighted by Crippen LogP contribution is -2.55. The number of nitrogens with one attached hydrogen (secondary N) is 1. The third-order valence-corrected chi connectivity index (χ3v) is 21.9. The summed E-state index contributed by atoms with van der Waals surface area (Å²) in [5.74, 6) is -0.444. The second kappa shape index (κ2) is 30.7. The zero-order valence-electron chi connectivity index (χ0n) is 67.2. The largest absolute Gasteiger partial charge is 0.371 e. The smallest absolute Gasteiger partial charge is 0.246 e. The molecule has 0 spiro atoms. The molecule has 3 amide bonds. The molecule has 6 rings (SSSR count). The first kappa shape index (κ1) is 88.1. The molecular formula is C77H145N7O11. The fourth-order valence-corrected chi connectivity index (χ4v) is 15.3. The minimum atomic E-state index is -0.637. The van der Waals surface area contributed by atoms with Crippen LogP contribution in [0.25, 0.3) is 0 Å². The number of ether oxygens (including phenoxy) is 2. The van der Waals surface area contributed by atoms with Crippen LogP contribution in [0.3, 0.4) is 0 Å². The number of imide groups is 1. The molecule has 3 fully saturated rings. The number of rotatable bonds is 16. The third kappa shape index (κ3) is 19.4. The minimum absolute atomic E-state index is 0.0436.